The molecule has 1 aromatic heterocycles. The normalized spacial score (nSPS) is 10.8. The van der Waals surface area contributed by atoms with Gasteiger partial charge >= 0.3 is 0 Å². The third kappa shape index (κ3) is 3.18. The quantitative estimate of drug-likeness (QED) is 0.763. The first-order chi connectivity index (χ1) is 10.1. The Labute approximate surface area is 135 Å². The number of nitrogens with one attached hydrogen (secondary N) is 1. The molecule has 0 bridgehead atoms. The fraction of sp³-hybridized carbons (Fsp3) is 0.0667. The molecule has 1 heterocycles. The van der Waals surface area contributed by atoms with E-state index in [0.717, 1.165) is 15.2 Å². The van der Waals surface area contributed by atoms with E-state index in [1.165, 1.54) is 0 Å². The maximum Gasteiger partial charge on any atom is 0.253 e. The van der Waals surface area contributed by atoms with Crippen molar-refractivity contribution >= 4 is 50.7 Å². The zero-order valence-corrected chi connectivity index (χ0v) is 13.1. The van der Waals surface area contributed by atoms with E-state index < -0.39 is 0 Å². The van der Waals surface area contributed by atoms with Gasteiger partial charge in [0.1, 0.15) is 5.01 Å². The van der Waals surface area contributed by atoms with Crippen LogP contribution in [0.15, 0.2) is 42.5 Å². The fourth-order valence-corrected chi connectivity index (χ4v) is 3.20. The lowest BCUT2D eigenvalue weighted by Crippen LogP contribution is -2.23. The Hall–Kier alpha value is -1.62. The van der Waals surface area contributed by atoms with Crippen molar-refractivity contribution in [1.29, 1.82) is 0 Å². The SMILES string of the molecule is O=C(NCc1nc2ccccc2s1)c1cc(Cl)ccc1Cl. The first kappa shape index (κ1) is 14.3. The number of benzene rings is 2. The number of amides is 1. The summed E-state index contributed by atoms with van der Waals surface area (Å²) in [5.74, 6) is -0.262. The van der Waals surface area contributed by atoms with Crippen molar-refractivity contribution in [2.24, 2.45) is 0 Å². The van der Waals surface area contributed by atoms with Gasteiger partial charge in [-0.15, -0.1) is 11.3 Å². The second-order valence-corrected chi connectivity index (χ2v) is 6.34. The Morgan fingerprint density at radius 1 is 1.19 bits per heavy atom. The van der Waals surface area contributed by atoms with Crippen molar-refractivity contribution < 1.29 is 4.79 Å². The van der Waals surface area contributed by atoms with Gasteiger partial charge in [-0.05, 0) is 30.3 Å². The van der Waals surface area contributed by atoms with Crippen molar-refractivity contribution in [3.05, 3.63) is 63.1 Å². The first-order valence-corrected chi connectivity index (χ1v) is 7.78. The van der Waals surface area contributed by atoms with Crippen LogP contribution in [-0.2, 0) is 6.54 Å². The molecule has 3 aromatic rings. The molecule has 0 aliphatic rings. The molecule has 3 rings (SSSR count). The van der Waals surface area contributed by atoms with Gasteiger partial charge in [-0.1, -0.05) is 35.3 Å². The molecule has 1 N–H and O–H groups in total. The molecular weight excluding hydrogens is 327 g/mol. The summed E-state index contributed by atoms with van der Waals surface area (Å²) in [4.78, 5) is 16.6. The van der Waals surface area contributed by atoms with Crippen molar-refractivity contribution in [1.82, 2.24) is 10.3 Å². The number of para-hydroxylation sites is 1. The van der Waals surface area contributed by atoms with Gasteiger partial charge in [0.05, 0.1) is 27.3 Å². The summed E-state index contributed by atoms with van der Waals surface area (Å²) in [5, 5.41) is 4.51. The maximum atomic E-state index is 12.1. The average molecular weight is 337 g/mol. The summed E-state index contributed by atoms with van der Waals surface area (Å²) in [7, 11) is 0. The van der Waals surface area contributed by atoms with Gasteiger partial charge in [0.2, 0.25) is 0 Å². The van der Waals surface area contributed by atoms with Gasteiger partial charge in [-0.25, -0.2) is 4.98 Å². The average Bonchev–Trinajstić information content (AvgIpc) is 2.90. The van der Waals surface area contributed by atoms with E-state index in [2.05, 4.69) is 10.3 Å². The number of rotatable bonds is 3. The summed E-state index contributed by atoms with van der Waals surface area (Å²) in [6, 6.07) is 12.7. The molecule has 0 saturated heterocycles. The summed E-state index contributed by atoms with van der Waals surface area (Å²) in [5.41, 5.74) is 1.30. The maximum absolute atomic E-state index is 12.1. The van der Waals surface area contributed by atoms with Crippen LogP contribution in [0.4, 0.5) is 0 Å². The largest absolute Gasteiger partial charge is 0.345 e. The molecule has 0 aliphatic carbocycles. The van der Waals surface area contributed by atoms with Gasteiger partial charge in [0.25, 0.3) is 5.91 Å². The predicted octanol–water partition coefficient (Wildman–Crippen LogP) is 4.53. The van der Waals surface area contributed by atoms with E-state index in [9.17, 15) is 4.79 Å². The Bertz CT molecular complexity index is 783. The molecule has 21 heavy (non-hydrogen) atoms. The van der Waals surface area contributed by atoms with Crippen LogP contribution in [-0.4, -0.2) is 10.9 Å². The van der Waals surface area contributed by atoms with Crippen molar-refractivity contribution in [3.63, 3.8) is 0 Å². The molecule has 0 aliphatic heterocycles. The van der Waals surface area contributed by atoms with Crippen molar-refractivity contribution in [3.8, 4) is 0 Å². The van der Waals surface area contributed by atoms with E-state index in [0.29, 0.717) is 22.2 Å². The smallest absolute Gasteiger partial charge is 0.253 e. The van der Waals surface area contributed by atoms with Gasteiger partial charge in [0.15, 0.2) is 0 Å². The zero-order valence-electron chi connectivity index (χ0n) is 10.8. The molecule has 2 aromatic carbocycles. The highest BCUT2D eigenvalue weighted by Crippen LogP contribution is 2.22. The summed E-state index contributed by atoms with van der Waals surface area (Å²) in [6.07, 6.45) is 0. The molecule has 0 fully saturated rings. The summed E-state index contributed by atoms with van der Waals surface area (Å²) >= 11 is 13.4. The molecule has 0 atom stereocenters. The van der Waals surface area contributed by atoms with E-state index in [1.54, 1.807) is 29.5 Å². The van der Waals surface area contributed by atoms with E-state index in [1.807, 2.05) is 24.3 Å². The van der Waals surface area contributed by atoms with Crippen LogP contribution >= 0.6 is 34.5 Å². The standard InChI is InChI=1S/C15H10Cl2N2OS/c16-9-5-6-11(17)10(7-9)15(20)18-8-14-19-12-3-1-2-4-13(12)21-14/h1-7H,8H2,(H,18,20). The second kappa shape index (κ2) is 6.02. The number of fused-ring (bicyclic) bond motifs is 1. The van der Waals surface area contributed by atoms with Crippen molar-refractivity contribution in [2.45, 2.75) is 6.54 Å². The molecule has 0 radical (unpaired) electrons. The topological polar surface area (TPSA) is 42.0 Å². The highest BCUT2D eigenvalue weighted by Gasteiger charge is 2.12. The lowest BCUT2D eigenvalue weighted by Gasteiger charge is -2.05. The highest BCUT2D eigenvalue weighted by atomic mass is 35.5. The van der Waals surface area contributed by atoms with E-state index in [-0.39, 0.29) is 5.91 Å². The fourth-order valence-electron chi connectivity index (χ4n) is 1.92. The number of halogens is 2. The Kier molecular flexibility index (Phi) is 4.10. The monoisotopic (exact) mass is 336 g/mol. The number of aromatic nitrogens is 1. The molecule has 0 saturated carbocycles. The predicted molar refractivity (Wildman–Crippen MR) is 87.3 cm³/mol. The molecule has 106 valence electrons. The van der Waals surface area contributed by atoms with E-state index >= 15 is 0 Å². The van der Waals surface area contributed by atoms with Gasteiger partial charge < -0.3 is 5.32 Å². The Balaban J connectivity index is 1.74. The summed E-state index contributed by atoms with van der Waals surface area (Å²) in [6.45, 7) is 0.362. The highest BCUT2D eigenvalue weighted by molar-refractivity contribution is 7.18. The van der Waals surface area contributed by atoms with Crippen LogP contribution < -0.4 is 5.32 Å². The summed E-state index contributed by atoms with van der Waals surface area (Å²) < 4.78 is 1.10. The van der Waals surface area contributed by atoms with Crippen LogP contribution in [0.5, 0.6) is 0 Å². The zero-order chi connectivity index (χ0) is 14.8. The lowest BCUT2D eigenvalue weighted by atomic mass is 10.2. The first-order valence-electron chi connectivity index (χ1n) is 6.21. The molecule has 3 nitrogen and oxygen atoms in total. The van der Waals surface area contributed by atoms with Gasteiger partial charge in [0, 0.05) is 5.02 Å². The minimum absolute atomic E-state index is 0.262. The number of carbonyl (C=O) groups excluding carboxylic acids is 1. The third-order valence-electron chi connectivity index (χ3n) is 2.91. The third-order valence-corrected chi connectivity index (χ3v) is 4.51. The minimum Gasteiger partial charge on any atom is -0.345 e. The molecule has 1 amide bonds. The molecule has 6 heteroatoms. The van der Waals surface area contributed by atoms with Crippen LogP contribution in [0.3, 0.4) is 0 Å². The van der Waals surface area contributed by atoms with Crippen molar-refractivity contribution in [2.75, 3.05) is 0 Å². The van der Waals surface area contributed by atoms with Crippen LogP contribution in [0.1, 0.15) is 15.4 Å². The Morgan fingerprint density at radius 2 is 2.00 bits per heavy atom. The van der Waals surface area contributed by atoms with Crippen LogP contribution in [0, 0.1) is 0 Å². The number of hydrogen-bond acceptors (Lipinski definition) is 3. The van der Waals surface area contributed by atoms with Gasteiger partial charge in [-0.3, -0.25) is 4.79 Å². The molecular formula is C15H10Cl2N2OS. The number of hydrogen-bond donors (Lipinski definition) is 1. The van der Waals surface area contributed by atoms with Crippen LogP contribution in [0.2, 0.25) is 10.0 Å². The number of nitrogens with zero attached hydrogens (tertiary/aromatic N) is 1. The van der Waals surface area contributed by atoms with E-state index in [4.69, 9.17) is 23.2 Å². The number of thiazole rings is 1. The Morgan fingerprint density at radius 3 is 2.81 bits per heavy atom. The van der Waals surface area contributed by atoms with Gasteiger partial charge in [-0.2, -0.15) is 0 Å². The molecule has 0 spiro atoms. The van der Waals surface area contributed by atoms with Crippen LogP contribution in [0.25, 0.3) is 10.2 Å². The minimum atomic E-state index is -0.262. The number of carbonyl (C=O) groups is 1. The second-order valence-electron chi connectivity index (χ2n) is 4.38. The molecule has 0 unspecified atom stereocenters. The lowest BCUT2D eigenvalue weighted by molar-refractivity contribution is 0.0951.